The highest BCUT2D eigenvalue weighted by Gasteiger charge is 2.30. The Balaban J connectivity index is 1.68. The number of likely N-dealkylation sites (N-methyl/N-ethyl adjacent to an activating group) is 1. The van der Waals surface area contributed by atoms with Gasteiger partial charge < -0.3 is 15.1 Å². The summed E-state index contributed by atoms with van der Waals surface area (Å²) in [5.74, 6) is 1.09. The Bertz CT molecular complexity index is 338. The van der Waals surface area contributed by atoms with Gasteiger partial charge in [-0.05, 0) is 52.4 Å². The maximum atomic E-state index is 4.48. The Hall–Kier alpha value is -0.810. The molecule has 5 heteroatoms. The van der Waals surface area contributed by atoms with Gasteiger partial charge in [-0.25, -0.2) is 0 Å². The molecule has 0 radical (unpaired) electrons. The van der Waals surface area contributed by atoms with Crippen molar-refractivity contribution < 1.29 is 0 Å². The molecule has 0 aromatic carbocycles. The Morgan fingerprint density at radius 1 is 1.23 bits per heavy atom. The van der Waals surface area contributed by atoms with Gasteiger partial charge in [-0.3, -0.25) is 9.89 Å². The Morgan fingerprint density at radius 2 is 2.00 bits per heavy atom. The van der Waals surface area contributed by atoms with E-state index in [9.17, 15) is 0 Å². The molecule has 0 spiro atoms. The van der Waals surface area contributed by atoms with Crippen LogP contribution in [0.3, 0.4) is 0 Å². The van der Waals surface area contributed by atoms with E-state index in [2.05, 4.69) is 39.0 Å². The molecular weight excluding hydrogens is 274 g/mol. The van der Waals surface area contributed by atoms with Crippen molar-refractivity contribution >= 4 is 5.96 Å². The summed E-state index contributed by atoms with van der Waals surface area (Å²) in [5.41, 5.74) is 0. The van der Waals surface area contributed by atoms with E-state index in [0.717, 1.165) is 38.2 Å². The largest absolute Gasteiger partial charge is 0.355 e. The molecule has 0 amide bonds. The zero-order valence-electron chi connectivity index (χ0n) is 14.9. The summed E-state index contributed by atoms with van der Waals surface area (Å²) in [6.07, 6.45) is 6.61. The van der Waals surface area contributed by atoms with Crippen molar-refractivity contribution in [3.05, 3.63) is 0 Å². The van der Waals surface area contributed by atoms with Crippen molar-refractivity contribution in [3.8, 4) is 0 Å². The van der Waals surface area contributed by atoms with E-state index in [0.29, 0.717) is 0 Å². The maximum absolute atomic E-state index is 4.48. The maximum Gasteiger partial charge on any atom is 0.193 e. The molecule has 0 aromatic rings. The molecule has 1 N–H and O–H groups in total. The van der Waals surface area contributed by atoms with Crippen LogP contribution >= 0.6 is 0 Å². The molecule has 5 nitrogen and oxygen atoms in total. The smallest absolute Gasteiger partial charge is 0.193 e. The third kappa shape index (κ3) is 5.13. The minimum absolute atomic E-state index is 0.744. The van der Waals surface area contributed by atoms with Gasteiger partial charge in [0.15, 0.2) is 5.96 Å². The minimum atomic E-state index is 0.744. The molecule has 0 saturated carbocycles. The molecular formula is C17H35N5. The fraction of sp³-hybridized carbons (Fsp3) is 0.941. The second-order valence-electron chi connectivity index (χ2n) is 6.76. The van der Waals surface area contributed by atoms with Gasteiger partial charge in [-0.15, -0.1) is 0 Å². The van der Waals surface area contributed by atoms with Crippen LogP contribution in [-0.2, 0) is 0 Å². The van der Waals surface area contributed by atoms with Crippen LogP contribution < -0.4 is 5.32 Å². The number of guanidine groups is 1. The summed E-state index contributed by atoms with van der Waals surface area (Å²) in [6, 6.07) is 0.744. The number of unbranched alkanes of at least 4 members (excludes halogenated alkanes) is 1. The minimum Gasteiger partial charge on any atom is -0.355 e. The lowest BCUT2D eigenvalue weighted by atomic mass is 10.2. The van der Waals surface area contributed by atoms with Crippen molar-refractivity contribution in [3.63, 3.8) is 0 Å². The van der Waals surface area contributed by atoms with Crippen LogP contribution in [0.25, 0.3) is 0 Å². The van der Waals surface area contributed by atoms with Gasteiger partial charge in [0.05, 0.1) is 0 Å². The van der Waals surface area contributed by atoms with E-state index in [4.69, 9.17) is 0 Å². The van der Waals surface area contributed by atoms with Crippen LogP contribution in [0.4, 0.5) is 0 Å². The zero-order valence-corrected chi connectivity index (χ0v) is 14.9. The summed E-state index contributed by atoms with van der Waals surface area (Å²) in [4.78, 5) is 12.0. The number of nitrogens with zero attached hydrogens (tertiary/aromatic N) is 4. The van der Waals surface area contributed by atoms with Crippen molar-refractivity contribution in [1.82, 2.24) is 20.0 Å². The molecule has 2 fully saturated rings. The van der Waals surface area contributed by atoms with E-state index in [1.807, 2.05) is 7.05 Å². The lowest BCUT2D eigenvalue weighted by Gasteiger charge is -2.26. The summed E-state index contributed by atoms with van der Waals surface area (Å²) < 4.78 is 0. The van der Waals surface area contributed by atoms with Crippen molar-refractivity contribution in [2.75, 3.05) is 59.9 Å². The Morgan fingerprint density at radius 3 is 2.68 bits per heavy atom. The van der Waals surface area contributed by atoms with E-state index in [-0.39, 0.29) is 0 Å². The fourth-order valence-corrected chi connectivity index (χ4v) is 3.57. The van der Waals surface area contributed by atoms with Gasteiger partial charge in [0.25, 0.3) is 0 Å². The number of hydrogen-bond acceptors (Lipinski definition) is 3. The lowest BCUT2D eigenvalue weighted by Crippen LogP contribution is -2.44. The molecule has 128 valence electrons. The predicted octanol–water partition coefficient (Wildman–Crippen LogP) is 1.46. The first kappa shape index (κ1) is 17.5. The predicted molar refractivity (Wildman–Crippen MR) is 94.6 cm³/mol. The summed E-state index contributed by atoms with van der Waals surface area (Å²) in [6.45, 7) is 10.4. The number of nitrogens with one attached hydrogen (secondary N) is 1. The van der Waals surface area contributed by atoms with E-state index in [1.165, 1.54) is 51.7 Å². The summed E-state index contributed by atoms with van der Waals surface area (Å²) in [7, 11) is 4.12. The first-order chi connectivity index (χ1) is 10.7. The third-order valence-corrected chi connectivity index (χ3v) is 5.00. The van der Waals surface area contributed by atoms with Crippen LogP contribution in [0.15, 0.2) is 4.99 Å². The van der Waals surface area contributed by atoms with Gasteiger partial charge in [0.1, 0.15) is 0 Å². The average Bonchev–Trinajstić information content (AvgIpc) is 3.19. The fourth-order valence-electron chi connectivity index (χ4n) is 3.57. The molecule has 1 unspecified atom stereocenters. The standard InChI is InChI=1S/C17H35N5/c1-4-5-10-20(3)14-9-19-17(18-2)22-13-8-16(15-22)21-11-6-7-12-21/h16H,4-15H2,1-3H3,(H,18,19). The van der Waals surface area contributed by atoms with Crippen LogP contribution in [-0.4, -0.2) is 86.6 Å². The highest BCUT2D eigenvalue weighted by Crippen LogP contribution is 2.20. The molecule has 1 atom stereocenters. The van der Waals surface area contributed by atoms with Crippen molar-refractivity contribution in [1.29, 1.82) is 0 Å². The molecule has 2 aliphatic rings. The lowest BCUT2D eigenvalue weighted by molar-refractivity contribution is 0.249. The molecule has 22 heavy (non-hydrogen) atoms. The van der Waals surface area contributed by atoms with E-state index in [1.54, 1.807) is 0 Å². The van der Waals surface area contributed by atoms with Crippen LogP contribution in [0.5, 0.6) is 0 Å². The topological polar surface area (TPSA) is 34.1 Å². The molecule has 0 aromatic heterocycles. The van der Waals surface area contributed by atoms with Gasteiger partial charge in [-0.2, -0.15) is 0 Å². The van der Waals surface area contributed by atoms with E-state index < -0.39 is 0 Å². The SMILES string of the molecule is CCCCN(C)CCNC(=NC)N1CCC(N2CCCC2)C1. The first-order valence-electron chi connectivity index (χ1n) is 9.12. The normalized spacial score (nSPS) is 23.7. The van der Waals surface area contributed by atoms with Gasteiger partial charge in [0.2, 0.25) is 0 Å². The van der Waals surface area contributed by atoms with Crippen molar-refractivity contribution in [2.45, 2.75) is 45.1 Å². The van der Waals surface area contributed by atoms with Crippen LogP contribution in [0, 0.1) is 0 Å². The molecule has 2 saturated heterocycles. The van der Waals surface area contributed by atoms with E-state index >= 15 is 0 Å². The molecule has 2 rings (SSSR count). The van der Waals surface area contributed by atoms with Gasteiger partial charge in [-0.1, -0.05) is 13.3 Å². The average molecular weight is 310 g/mol. The molecule has 0 aliphatic carbocycles. The summed E-state index contributed by atoms with van der Waals surface area (Å²) >= 11 is 0. The highest BCUT2D eigenvalue weighted by molar-refractivity contribution is 5.80. The second-order valence-corrected chi connectivity index (χ2v) is 6.76. The van der Waals surface area contributed by atoms with Crippen LogP contribution in [0.2, 0.25) is 0 Å². The first-order valence-corrected chi connectivity index (χ1v) is 9.12. The monoisotopic (exact) mass is 309 g/mol. The highest BCUT2D eigenvalue weighted by atomic mass is 15.3. The Labute approximate surface area is 136 Å². The van der Waals surface area contributed by atoms with Crippen LogP contribution in [0.1, 0.15) is 39.0 Å². The number of aliphatic imine (C=N–C) groups is 1. The van der Waals surface area contributed by atoms with Crippen molar-refractivity contribution in [2.24, 2.45) is 4.99 Å². The van der Waals surface area contributed by atoms with Gasteiger partial charge in [0, 0.05) is 39.3 Å². The third-order valence-electron chi connectivity index (χ3n) is 5.00. The second kappa shape index (κ2) is 9.36. The molecule has 2 heterocycles. The number of likely N-dealkylation sites (tertiary alicyclic amines) is 2. The molecule has 0 bridgehead atoms. The van der Waals surface area contributed by atoms with Gasteiger partial charge >= 0.3 is 0 Å². The number of rotatable bonds is 7. The Kier molecular flexibility index (Phi) is 7.46. The summed E-state index contributed by atoms with van der Waals surface area (Å²) in [5, 5.41) is 3.55. The quantitative estimate of drug-likeness (QED) is 0.570. The zero-order chi connectivity index (χ0) is 15.8. The molecule has 2 aliphatic heterocycles. The number of hydrogen-bond donors (Lipinski definition) is 1.